The standard InChI is InChI=1S/C12H15N5O2S/c1-9(17-6-5-13-8-17)4-3-7-19-12-16-15-11(20-12)14-10(2)18/h5-6,8H,1,3-4,7H2,2H3,(H,14,15,18). The number of nitrogens with one attached hydrogen (secondary N) is 1. The van der Waals surface area contributed by atoms with Crippen LogP contribution in [0.5, 0.6) is 5.19 Å². The van der Waals surface area contributed by atoms with Crippen molar-refractivity contribution in [3.05, 3.63) is 25.3 Å². The number of allylic oxidation sites excluding steroid dienone is 1. The van der Waals surface area contributed by atoms with Crippen LogP contribution in [0.1, 0.15) is 19.8 Å². The molecule has 0 atom stereocenters. The molecule has 106 valence electrons. The van der Waals surface area contributed by atoms with Gasteiger partial charge in [0.15, 0.2) is 0 Å². The second-order valence-electron chi connectivity index (χ2n) is 4.04. The summed E-state index contributed by atoms with van der Waals surface area (Å²) in [6.45, 7) is 5.91. The van der Waals surface area contributed by atoms with Crippen molar-refractivity contribution < 1.29 is 9.53 Å². The first kappa shape index (κ1) is 14.2. The van der Waals surface area contributed by atoms with E-state index in [4.69, 9.17) is 4.74 Å². The van der Waals surface area contributed by atoms with E-state index < -0.39 is 0 Å². The Kier molecular flexibility index (Phi) is 4.83. The van der Waals surface area contributed by atoms with Gasteiger partial charge < -0.3 is 14.6 Å². The van der Waals surface area contributed by atoms with Gasteiger partial charge in [0, 0.05) is 25.0 Å². The Morgan fingerprint density at radius 3 is 3.10 bits per heavy atom. The van der Waals surface area contributed by atoms with Crippen LogP contribution < -0.4 is 10.1 Å². The van der Waals surface area contributed by atoms with E-state index in [1.807, 2.05) is 10.8 Å². The molecule has 20 heavy (non-hydrogen) atoms. The number of amides is 1. The van der Waals surface area contributed by atoms with Crippen LogP contribution in [0.15, 0.2) is 25.3 Å². The lowest BCUT2D eigenvalue weighted by Gasteiger charge is -2.06. The highest BCUT2D eigenvalue weighted by atomic mass is 32.1. The third kappa shape index (κ3) is 4.16. The minimum absolute atomic E-state index is 0.177. The normalized spacial score (nSPS) is 10.2. The molecule has 0 spiro atoms. The number of anilines is 1. The van der Waals surface area contributed by atoms with Crippen molar-refractivity contribution in [1.29, 1.82) is 0 Å². The molecule has 7 nitrogen and oxygen atoms in total. The number of imidazole rings is 1. The van der Waals surface area contributed by atoms with Gasteiger partial charge in [-0.1, -0.05) is 11.7 Å². The molecule has 0 aliphatic carbocycles. The average molecular weight is 293 g/mol. The highest BCUT2D eigenvalue weighted by Crippen LogP contribution is 2.22. The number of ether oxygens (including phenoxy) is 1. The smallest absolute Gasteiger partial charge is 0.295 e. The van der Waals surface area contributed by atoms with Gasteiger partial charge in [0.25, 0.3) is 5.19 Å². The fourth-order valence-electron chi connectivity index (χ4n) is 1.48. The summed E-state index contributed by atoms with van der Waals surface area (Å²) in [6, 6.07) is 0. The van der Waals surface area contributed by atoms with Crippen LogP contribution in [-0.2, 0) is 4.79 Å². The molecule has 0 aliphatic rings. The maximum Gasteiger partial charge on any atom is 0.295 e. The summed E-state index contributed by atoms with van der Waals surface area (Å²) < 4.78 is 7.34. The van der Waals surface area contributed by atoms with Crippen molar-refractivity contribution in [3.63, 3.8) is 0 Å². The average Bonchev–Trinajstić information content (AvgIpc) is 3.04. The zero-order valence-electron chi connectivity index (χ0n) is 11.1. The van der Waals surface area contributed by atoms with E-state index in [9.17, 15) is 4.79 Å². The molecule has 0 aliphatic heterocycles. The minimum Gasteiger partial charge on any atom is -0.469 e. The predicted molar refractivity (Wildman–Crippen MR) is 76.5 cm³/mol. The van der Waals surface area contributed by atoms with E-state index in [0.717, 1.165) is 18.5 Å². The molecule has 1 N–H and O–H groups in total. The number of hydrogen-bond acceptors (Lipinski definition) is 6. The summed E-state index contributed by atoms with van der Waals surface area (Å²) in [7, 11) is 0. The summed E-state index contributed by atoms with van der Waals surface area (Å²) in [5.41, 5.74) is 0.960. The monoisotopic (exact) mass is 293 g/mol. The van der Waals surface area contributed by atoms with Gasteiger partial charge in [-0.3, -0.25) is 4.79 Å². The van der Waals surface area contributed by atoms with Crippen LogP contribution in [0.25, 0.3) is 5.70 Å². The topological polar surface area (TPSA) is 81.9 Å². The molecule has 8 heteroatoms. The van der Waals surface area contributed by atoms with Crippen LogP contribution in [0.2, 0.25) is 0 Å². The lowest BCUT2D eigenvalue weighted by Crippen LogP contribution is -2.04. The van der Waals surface area contributed by atoms with Gasteiger partial charge in [-0.2, -0.15) is 0 Å². The Morgan fingerprint density at radius 2 is 2.40 bits per heavy atom. The molecule has 0 fully saturated rings. The van der Waals surface area contributed by atoms with Crippen molar-refractivity contribution in [2.24, 2.45) is 0 Å². The fourth-order valence-corrected chi connectivity index (χ4v) is 2.15. The molecule has 0 saturated heterocycles. The van der Waals surface area contributed by atoms with Crippen molar-refractivity contribution in [3.8, 4) is 5.19 Å². The molecule has 0 radical (unpaired) electrons. The summed E-state index contributed by atoms with van der Waals surface area (Å²) >= 11 is 1.20. The fraction of sp³-hybridized carbons (Fsp3) is 0.333. The van der Waals surface area contributed by atoms with Crippen LogP contribution in [0, 0.1) is 0 Å². The number of rotatable bonds is 7. The van der Waals surface area contributed by atoms with Gasteiger partial charge >= 0.3 is 0 Å². The minimum atomic E-state index is -0.177. The molecule has 0 unspecified atom stereocenters. The Balaban J connectivity index is 1.69. The van der Waals surface area contributed by atoms with Crippen molar-refractivity contribution >= 4 is 28.1 Å². The van der Waals surface area contributed by atoms with Crippen molar-refractivity contribution in [2.45, 2.75) is 19.8 Å². The predicted octanol–water partition coefficient (Wildman–Crippen LogP) is 2.02. The molecule has 2 rings (SSSR count). The van der Waals surface area contributed by atoms with Crippen LogP contribution in [0.3, 0.4) is 0 Å². The Morgan fingerprint density at radius 1 is 1.55 bits per heavy atom. The van der Waals surface area contributed by atoms with Crippen molar-refractivity contribution in [2.75, 3.05) is 11.9 Å². The van der Waals surface area contributed by atoms with Crippen molar-refractivity contribution in [1.82, 2.24) is 19.7 Å². The Labute approximate surface area is 120 Å². The molecule has 1 amide bonds. The first-order valence-electron chi connectivity index (χ1n) is 6.05. The van der Waals surface area contributed by atoms with Gasteiger partial charge in [-0.25, -0.2) is 4.98 Å². The SMILES string of the molecule is C=C(CCCOc1nnc(NC(C)=O)s1)n1ccnc1. The van der Waals surface area contributed by atoms with E-state index in [-0.39, 0.29) is 5.91 Å². The maximum atomic E-state index is 10.8. The highest BCUT2D eigenvalue weighted by Gasteiger charge is 2.06. The Bertz CT molecular complexity index is 578. The summed E-state index contributed by atoms with van der Waals surface area (Å²) in [6.07, 6.45) is 6.90. The number of nitrogens with zero attached hydrogens (tertiary/aromatic N) is 4. The van der Waals surface area contributed by atoms with Gasteiger partial charge in [0.1, 0.15) is 0 Å². The van der Waals surface area contributed by atoms with Crippen LogP contribution >= 0.6 is 11.3 Å². The van der Waals surface area contributed by atoms with Crippen LogP contribution in [-0.4, -0.2) is 32.3 Å². The molecular weight excluding hydrogens is 278 g/mol. The second-order valence-corrected chi connectivity index (χ2v) is 4.98. The van der Waals surface area contributed by atoms with Gasteiger partial charge in [0.05, 0.1) is 12.9 Å². The lowest BCUT2D eigenvalue weighted by atomic mass is 10.2. The van der Waals surface area contributed by atoms with E-state index in [1.54, 1.807) is 12.5 Å². The summed E-state index contributed by atoms with van der Waals surface area (Å²) in [5.74, 6) is -0.177. The third-order valence-corrected chi connectivity index (χ3v) is 3.15. The number of hydrogen-bond donors (Lipinski definition) is 1. The highest BCUT2D eigenvalue weighted by molar-refractivity contribution is 7.17. The molecular formula is C12H15N5O2S. The first-order valence-corrected chi connectivity index (χ1v) is 6.87. The third-order valence-electron chi connectivity index (χ3n) is 2.39. The van der Waals surface area contributed by atoms with Gasteiger partial charge in [0.2, 0.25) is 11.0 Å². The zero-order chi connectivity index (χ0) is 14.4. The second kappa shape index (κ2) is 6.80. The molecule has 2 heterocycles. The largest absolute Gasteiger partial charge is 0.469 e. The molecule has 2 aromatic rings. The first-order chi connectivity index (χ1) is 9.65. The molecule has 0 bridgehead atoms. The number of aromatic nitrogens is 4. The van der Waals surface area contributed by atoms with E-state index in [1.165, 1.54) is 18.3 Å². The quantitative estimate of drug-likeness (QED) is 0.790. The molecule has 2 aromatic heterocycles. The summed E-state index contributed by atoms with van der Waals surface area (Å²) in [4.78, 5) is 14.8. The van der Waals surface area contributed by atoms with E-state index in [0.29, 0.717) is 16.9 Å². The molecule has 0 aromatic carbocycles. The lowest BCUT2D eigenvalue weighted by molar-refractivity contribution is -0.114. The summed E-state index contributed by atoms with van der Waals surface area (Å²) in [5, 5.41) is 11.1. The van der Waals surface area contributed by atoms with Crippen LogP contribution in [0.4, 0.5) is 5.13 Å². The Hall–Kier alpha value is -2.22. The van der Waals surface area contributed by atoms with Gasteiger partial charge in [-0.05, 0) is 24.2 Å². The number of carbonyl (C=O) groups excluding carboxylic acids is 1. The zero-order valence-corrected chi connectivity index (χ0v) is 11.9. The maximum absolute atomic E-state index is 10.8. The molecule has 0 saturated carbocycles. The van der Waals surface area contributed by atoms with Gasteiger partial charge in [-0.15, -0.1) is 5.10 Å². The number of carbonyl (C=O) groups is 1. The van der Waals surface area contributed by atoms with E-state index >= 15 is 0 Å². The van der Waals surface area contributed by atoms with E-state index in [2.05, 4.69) is 27.1 Å².